The molecule has 1 aromatic carbocycles. The average Bonchev–Trinajstić information content (AvgIpc) is 3.29. The topological polar surface area (TPSA) is 23.6 Å². The van der Waals surface area contributed by atoms with Crippen molar-refractivity contribution in [2.75, 3.05) is 27.2 Å². The molecule has 0 spiro atoms. The number of amides is 1. The van der Waals surface area contributed by atoms with Crippen molar-refractivity contribution in [1.29, 1.82) is 0 Å². The van der Waals surface area contributed by atoms with Crippen LogP contribution in [0.15, 0.2) is 30.3 Å². The molecule has 3 heteroatoms. The highest BCUT2D eigenvalue weighted by molar-refractivity contribution is 5.91. The lowest BCUT2D eigenvalue weighted by molar-refractivity contribution is -0.135. The Bertz CT molecular complexity index is 471. The molecule has 1 amide bonds. The van der Waals surface area contributed by atoms with Crippen molar-refractivity contribution >= 4 is 5.91 Å². The number of nitrogens with zero attached hydrogens (tertiary/aromatic N) is 2. The standard InChI is InChI=1S/C17H24N2O/c1-18(2)15-8-12-19(13-9-15)16(20)17(10-11-17)14-6-4-3-5-7-14/h3-7,15H,8-13H2,1-2H3. The number of hydrogen-bond donors (Lipinski definition) is 0. The fourth-order valence-electron chi connectivity index (χ4n) is 3.40. The smallest absolute Gasteiger partial charge is 0.233 e. The highest BCUT2D eigenvalue weighted by atomic mass is 16.2. The van der Waals surface area contributed by atoms with Gasteiger partial charge in [0.2, 0.25) is 5.91 Å². The first-order chi connectivity index (χ1) is 9.63. The second kappa shape index (κ2) is 5.21. The summed E-state index contributed by atoms with van der Waals surface area (Å²) in [6.07, 6.45) is 4.24. The summed E-state index contributed by atoms with van der Waals surface area (Å²) in [4.78, 5) is 17.3. The van der Waals surface area contributed by atoms with E-state index < -0.39 is 0 Å². The molecule has 1 saturated carbocycles. The zero-order valence-corrected chi connectivity index (χ0v) is 12.5. The number of hydrogen-bond acceptors (Lipinski definition) is 2. The number of piperidine rings is 1. The Balaban J connectivity index is 1.69. The van der Waals surface area contributed by atoms with E-state index in [1.54, 1.807) is 0 Å². The fraction of sp³-hybridized carbons (Fsp3) is 0.588. The first-order valence-corrected chi connectivity index (χ1v) is 7.65. The van der Waals surface area contributed by atoms with Crippen LogP contribution in [-0.4, -0.2) is 48.9 Å². The van der Waals surface area contributed by atoms with Crippen molar-refractivity contribution < 1.29 is 4.79 Å². The molecule has 0 bridgehead atoms. The van der Waals surface area contributed by atoms with Gasteiger partial charge in [0.1, 0.15) is 0 Å². The largest absolute Gasteiger partial charge is 0.342 e. The third-order valence-corrected chi connectivity index (χ3v) is 4.97. The summed E-state index contributed by atoms with van der Waals surface area (Å²) in [7, 11) is 4.27. The average molecular weight is 272 g/mol. The van der Waals surface area contributed by atoms with Gasteiger partial charge in [-0.3, -0.25) is 4.79 Å². The fourth-order valence-corrected chi connectivity index (χ4v) is 3.40. The maximum absolute atomic E-state index is 12.9. The van der Waals surface area contributed by atoms with E-state index in [-0.39, 0.29) is 5.41 Å². The Morgan fingerprint density at radius 1 is 1.15 bits per heavy atom. The molecule has 0 radical (unpaired) electrons. The van der Waals surface area contributed by atoms with Gasteiger partial charge < -0.3 is 9.80 Å². The van der Waals surface area contributed by atoms with Crippen molar-refractivity contribution in [1.82, 2.24) is 9.80 Å². The van der Waals surface area contributed by atoms with Gasteiger partial charge in [0.05, 0.1) is 5.41 Å². The van der Waals surface area contributed by atoms with Crippen LogP contribution in [0.2, 0.25) is 0 Å². The predicted octanol–water partition coefficient (Wildman–Crippen LogP) is 2.27. The molecule has 1 aliphatic heterocycles. The van der Waals surface area contributed by atoms with E-state index in [2.05, 4.69) is 36.0 Å². The van der Waals surface area contributed by atoms with Gasteiger partial charge in [0.25, 0.3) is 0 Å². The quantitative estimate of drug-likeness (QED) is 0.843. The molecular formula is C17H24N2O. The van der Waals surface area contributed by atoms with Crippen molar-refractivity contribution in [2.24, 2.45) is 0 Å². The van der Waals surface area contributed by atoms with Gasteiger partial charge >= 0.3 is 0 Å². The second-order valence-electron chi connectivity index (χ2n) is 6.44. The van der Waals surface area contributed by atoms with Crippen molar-refractivity contribution in [3.8, 4) is 0 Å². The van der Waals surface area contributed by atoms with Gasteiger partial charge in [-0.25, -0.2) is 0 Å². The van der Waals surface area contributed by atoms with E-state index in [0.29, 0.717) is 11.9 Å². The number of likely N-dealkylation sites (tertiary alicyclic amines) is 1. The molecule has 0 unspecified atom stereocenters. The van der Waals surface area contributed by atoms with E-state index in [0.717, 1.165) is 38.8 Å². The van der Waals surface area contributed by atoms with E-state index in [1.807, 2.05) is 18.2 Å². The molecule has 3 nitrogen and oxygen atoms in total. The van der Waals surface area contributed by atoms with E-state index in [9.17, 15) is 4.79 Å². The van der Waals surface area contributed by atoms with Crippen LogP contribution in [0.25, 0.3) is 0 Å². The minimum Gasteiger partial charge on any atom is -0.342 e. The summed E-state index contributed by atoms with van der Waals surface area (Å²) in [5.41, 5.74) is 1.02. The Hall–Kier alpha value is -1.35. The van der Waals surface area contributed by atoms with Crippen LogP contribution in [0.1, 0.15) is 31.2 Å². The summed E-state index contributed by atoms with van der Waals surface area (Å²) < 4.78 is 0. The number of benzene rings is 1. The molecular weight excluding hydrogens is 248 g/mol. The third-order valence-electron chi connectivity index (χ3n) is 4.97. The highest BCUT2D eigenvalue weighted by Gasteiger charge is 2.53. The molecule has 0 atom stereocenters. The van der Waals surface area contributed by atoms with Crippen molar-refractivity contribution in [3.05, 3.63) is 35.9 Å². The molecule has 1 saturated heterocycles. The van der Waals surface area contributed by atoms with Crippen LogP contribution in [0.5, 0.6) is 0 Å². The third kappa shape index (κ3) is 2.35. The summed E-state index contributed by atoms with van der Waals surface area (Å²) in [5, 5.41) is 0. The summed E-state index contributed by atoms with van der Waals surface area (Å²) in [6, 6.07) is 11.0. The summed E-state index contributed by atoms with van der Waals surface area (Å²) >= 11 is 0. The van der Waals surface area contributed by atoms with Crippen LogP contribution >= 0.6 is 0 Å². The SMILES string of the molecule is CN(C)C1CCN(C(=O)C2(c3ccccc3)CC2)CC1. The van der Waals surface area contributed by atoms with Crippen LogP contribution in [-0.2, 0) is 10.2 Å². The molecule has 2 aliphatic rings. The van der Waals surface area contributed by atoms with Crippen LogP contribution in [0.4, 0.5) is 0 Å². The predicted molar refractivity (Wildman–Crippen MR) is 80.6 cm³/mol. The normalized spacial score (nSPS) is 22.1. The molecule has 2 fully saturated rings. The summed E-state index contributed by atoms with van der Waals surface area (Å²) in [6.45, 7) is 1.83. The summed E-state index contributed by atoms with van der Waals surface area (Å²) in [5.74, 6) is 0.362. The minimum absolute atomic E-state index is 0.188. The van der Waals surface area contributed by atoms with Crippen LogP contribution in [0.3, 0.4) is 0 Å². The first-order valence-electron chi connectivity index (χ1n) is 7.65. The Labute approximate surface area is 121 Å². The van der Waals surface area contributed by atoms with E-state index >= 15 is 0 Å². The number of carbonyl (C=O) groups is 1. The second-order valence-corrected chi connectivity index (χ2v) is 6.44. The molecule has 0 aromatic heterocycles. The Kier molecular flexibility index (Phi) is 3.55. The zero-order valence-electron chi connectivity index (χ0n) is 12.5. The highest BCUT2D eigenvalue weighted by Crippen LogP contribution is 2.49. The lowest BCUT2D eigenvalue weighted by Crippen LogP contribution is -2.47. The lowest BCUT2D eigenvalue weighted by atomic mass is 9.93. The Morgan fingerprint density at radius 2 is 1.75 bits per heavy atom. The van der Waals surface area contributed by atoms with Crippen LogP contribution in [0, 0.1) is 0 Å². The lowest BCUT2D eigenvalue weighted by Gasteiger charge is -2.37. The minimum atomic E-state index is -0.188. The molecule has 20 heavy (non-hydrogen) atoms. The monoisotopic (exact) mass is 272 g/mol. The first kappa shape index (κ1) is 13.6. The molecule has 1 aliphatic carbocycles. The van der Waals surface area contributed by atoms with Gasteiger partial charge in [-0.15, -0.1) is 0 Å². The molecule has 1 heterocycles. The molecule has 108 valence electrons. The number of carbonyl (C=O) groups excluding carboxylic acids is 1. The van der Waals surface area contributed by atoms with Crippen molar-refractivity contribution in [2.45, 2.75) is 37.1 Å². The van der Waals surface area contributed by atoms with Gasteiger partial charge in [0, 0.05) is 19.1 Å². The van der Waals surface area contributed by atoms with Gasteiger partial charge in [-0.05, 0) is 45.3 Å². The van der Waals surface area contributed by atoms with Crippen LogP contribution < -0.4 is 0 Å². The zero-order chi connectivity index (χ0) is 14.2. The molecule has 3 rings (SSSR count). The van der Waals surface area contributed by atoms with E-state index in [4.69, 9.17) is 0 Å². The van der Waals surface area contributed by atoms with Gasteiger partial charge in [-0.2, -0.15) is 0 Å². The van der Waals surface area contributed by atoms with E-state index in [1.165, 1.54) is 5.56 Å². The van der Waals surface area contributed by atoms with Gasteiger partial charge in [0.15, 0.2) is 0 Å². The Morgan fingerprint density at radius 3 is 2.25 bits per heavy atom. The maximum Gasteiger partial charge on any atom is 0.233 e. The molecule has 1 aromatic rings. The number of rotatable bonds is 3. The van der Waals surface area contributed by atoms with Crippen molar-refractivity contribution in [3.63, 3.8) is 0 Å². The van der Waals surface area contributed by atoms with Gasteiger partial charge in [-0.1, -0.05) is 30.3 Å². The molecule has 0 N–H and O–H groups in total. The maximum atomic E-state index is 12.9.